The van der Waals surface area contributed by atoms with E-state index in [2.05, 4.69) is 13.8 Å². The molecule has 64 valence electrons. The van der Waals surface area contributed by atoms with Gasteiger partial charge in [0.05, 0.1) is 0 Å². The first-order valence-electron chi connectivity index (χ1n) is 4.89. The Hall–Kier alpha value is -0.0400. The van der Waals surface area contributed by atoms with Crippen LogP contribution in [0.25, 0.3) is 0 Å². The molecule has 2 atom stereocenters. The summed E-state index contributed by atoms with van der Waals surface area (Å²) in [6.45, 7) is 4.64. The van der Waals surface area contributed by atoms with Gasteiger partial charge in [0.2, 0.25) is 0 Å². The molecule has 11 heavy (non-hydrogen) atoms. The maximum absolute atomic E-state index is 6.26. The van der Waals surface area contributed by atoms with Crippen LogP contribution >= 0.6 is 0 Å². The largest absolute Gasteiger partial charge is 0.327 e. The molecule has 2 aliphatic carbocycles. The molecule has 0 radical (unpaired) electrons. The maximum Gasteiger partial charge on any atom is 0.0150 e. The second-order valence-corrected chi connectivity index (χ2v) is 4.85. The number of rotatable bonds is 1. The van der Waals surface area contributed by atoms with Crippen molar-refractivity contribution in [3.8, 4) is 0 Å². The van der Waals surface area contributed by atoms with Gasteiger partial charge in [0.1, 0.15) is 0 Å². The van der Waals surface area contributed by atoms with Crippen molar-refractivity contribution in [2.75, 3.05) is 0 Å². The van der Waals surface area contributed by atoms with Gasteiger partial charge in [-0.25, -0.2) is 0 Å². The molecule has 0 aromatic carbocycles. The summed E-state index contributed by atoms with van der Waals surface area (Å²) in [5, 5.41) is 0. The number of hydrogen-bond donors (Lipinski definition) is 1. The van der Waals surface area contributed by atoms with Gasteiger partial charge < -0.3 is 5.73 Å². The van der Waals surface area contributed by atoms with Crippen LogP contribution in [0.3, 0.4) is 0 Å². The van der Waals surface area contributed by atoms with Crippen LogP contribution in [0.2, 0.25) is 0 Å². The van der Waals surface area contributed by atoms with Gasteiger partial charge >= 0.3 is 0 Å². The van der Waals surface area contributed by atoms with E-state index in [1.165, 1.54) is 32.1 Å². The lowest BCUT2D eigenvalue weighted by molar-refractivity contribution is 0.251. The summed E-state index contributed by atoms with van der Waals surface area (Å²) in [5.74, 6) is 0. The van der Waals surface area contributed by atoms with Crippen LogP contribution in [-0.4, -0.2) is 6.04 Å². The lowest BCUT2D eigenvalue weighted by Gasteiger charge is -2.30. The van der Waals surface area contributed by atoms with Crippen molar-refractivity contribution in [1.82, 2.24) is 0 Å². The first-order valence-corrected chi connectivity index (χ1v) is 4.89. The Morgan fingerprint density at radius 2 is 1.82 bits per heavy atom. The number of hydrogen-bond acceptors (Lipinski definition) is 1. The van der Waals surface area contributed by atoms with Gasteiger partial charge in [0, 0.05) is 6.04 Å². The number of nitrogens with two attached hydrogens (primary N) is 1. The van der Waals surface area contributed by atoms with Crippen LogP contribution < -0.4 is 5.73 Å². The summed E-state index contributed by atoms with van der Waals surface area (Å²) in [6, 6.07) is 0.500. The minimum Gasteiger partial charge on any atom is -0.327 e. The summed E-state index contributed by atoms with van der Waals surface area (Å²) in [6.07, 6.45) is 6.84. The molecule has 1 spiro atoms. The van der Waals surface area contributed by atoms with Crippen LogP contribution in [0, 0.1) is 10.8 Å². The minimum atomic E-state index is 0.469. The smallest absolute Gasteiger partial charge is 0.0150 e. The molecule has 1 heteroatoms. The third kappa shape index (κ3) is 0.868. The maximum atomic E-state index is 6.26. The van der Waals surface area contributed by atoms with Crippen molar-refractivity contribution in [2.24, 2.45) is 16.6 Å². The van der Waals surface area contributed by atoms with E-state index < -0.39 is 0 Å². The minimum absolute atomic E-state index is 0.469. The molecule has 2 rings (SSSR count). The fourth-order valence-corrected chi connectivity index (χ4v) is 2.70. The highest BCUT2D eigenvalue weighted by molar-refractivity contribution is 5.12. The highest BCUT2D eigenvalue weighted by Crippen LogP contribution is 2.63. The van der Waals surface area contributed by atoms with Crippen molar-refractivity contribution in [3.05, 3.63) is 0 Å². The molecule has 2 N–H and O–H groups in total. The van der Waals surface area contributed by atoms with Crippen molar-refractivity contribution in [1.29, 1.82) is 0 Å². The Bertz CT molecular complexity index is 172. The second kappa shape index (κ2) is 2.01. The summed E-state index contributed by atoms with van der Waals surface area (Å²) >= 11 is 0. The molecule has 0 saturated heterocycles. The molecule has 0 bridgehead atoms. The predicted octanol–water partition coefficient (Wildman–Crippen LogP) is 2.30. The topological polar surface area (TPSA) is 26.0 Å². The molecule has 0 heterocycles. The Morgan fingerprint density at radius 3 is 2.09 bits per heavy atom. The SMILES string of the molecule is CCC1(C)CCC2(CC2)C1N. The molecule has 0 aliphatic heterocycles. The van der Waals surface area contributed by atoms with Crippen molar-refractivity contribution >= 4 is 0 Å². The Morgan fingerprint density at radius 1 is 1.27 bits per heavy atom. The van der Waals surface area contributed by atoms with Crippen LogP contribution in [0.1, 0.15) is 46.0 Å². The van der Waals surface area contributed by atoms with E-state index in [4.69, 9.17) is 5.73 Å². The first kappa shape index (κ1) is 7.60. The molecule has 1 nitrogen and oxygen atoms in total. The first-order chi connectivity index (χ1) is 5.13. The molecule has 2 fully saturated rings. The van der Waals surface area contributed by atoms with Crippen LogP contribution in [0.4, 0.5) is 0 Å². The lowest BCUT2D eigenvalue weighted by atomic mass is 9.80. The molecular formula is C10H19N. The monoisotopic (exact) mass is 153 g/mol. The van der Waals surface area contributed by atoms with Gasteiger partial charge in [-0.3, -0.25) is 0 Å². The summed E-state index contributed by atoms with van der Waals surface area (Å²) in [5.41, 5.74) is 7.35. The summed E-state index contributed by atoms with van der Waals surface area (Å²) < 4.78 is 0. The van der Waals surface area contributed by atoms with Gasteiger partial charge in [-0.05, 0) is 42.9 Å². The third-order valence-corrected chi connectivity index (χ3v) is 4.30. The zero-order valence-electron chi connectivity index (χ0n) is 7.69. The van der Waals surface area contributed by atoms with Gasteiger partial charge in [-0.15, -0.1) is 0 Å². The molecule has 0 aromatic rings. The van der Waals surface area contributed by atoms with Crippen LogP contribution in [-0.2, 0) is 0 Å². The molecule has 0 aromatic heterocycles. The van der Waals surface area contributed by atoms with Gasteiger partial charge in [-0.2, -0.15) is 0 Å². The van der Waals surface area contributed by atoms with E-state index in [0.717, 1.165) is 0 Å². The Labute approximate surface area is 69.4 Å². The summed E-state index contributed by atoms with van der Waals surface area (Å²) in [4.78, 5) is 0. The normalized spacial score (nSPS) is 46.6. The average Bonchev–Trinajstić information content (AvgIpc) is 2.75. The lowest BCUT2D eigenvalue weighted by Crippen LogP contribution is -2.39. The highest BCUT2D eigenvalue weighted by atomic mass is 14.8. The van der Waals surface area contributed by atoms with Crippen molar-refractivity contribution in [2.45, 2.75) is 52.0 Å². The van der Waals surface area contributed by atoms with E-state index in [0.29, 0.717) is 16.9 Å². The molecule has 2 saturated carbocycles. The molecule has 0 amide bonds. The zero-order valence-corrected chi connectivity index (χ0v) is 7.69. The quantitative estimate of drug-likeness (QED) is 0.614. The zero-order chi connectivity index (χ0) is 8.11. The van der Waals surface area contributed by atoms with E-state index in [1.54, 1.807) is 0 Å². The second-order valence-electron chi connectivity index (χ2n) is 4.85. The van der Waals surface area contributed by atoms with E-state index in [-0.39, 0.29) is 0 Å². The molecule has 2 unspecified atom stereocenters. The van der Waals surface area contributed by atoms with Crippen LogP contribution in [0.5, 0.6) is 0 Å². The Balaban J connectivity index is 2.17. The van der Waals surface area contributed by atoms with E-state index in [9.17, 15) is 0 Å². The van der Waals surface area contributed by atoms with Crippen molar-refractivity contribution in [3.63, 3.8) is 0 Å². The fourth-order valence-electron chi connectivity index (χ4n) is 2.70. The standard InChI is InChI=1S/C10H19N/c1-3-9(2)4-5-10(6-7-10)8(9)11/h8H,3-7,11H2,1-2H3. The fraction of sp³-hybridized carbons (Fsp3) is 1.00. The van der Waals surface area contributed by atoms with Gasteiger partial charge in [-0.1, -0.05) is 13.8 Å². The Kier molecular flexibility index (Phi) is 1.39. The molecular weight excluding hydrogens is 134 g/mol. The average molecular weight is 153 g/mol. The summed E-state index contributed by atoms with van der Waals surface area (Å²) in [7, 11) is 0. The van der Waals surface area contributed by atoms with E-state index in [1.807, 2.05) is 0 Å². The van der Waals surface area contributed by atoms with Crippen LogP contribution in [0.15, 0.2) is 0 Å². The molecule has 2 aliphatic rings. The van der Waals surface area contributed by atoms with Gasteiger partial charge in [0.25, 0.3) is 0 Å². The highest BCUT2D eigenvalue weighted by Gasteiger charge is 2.58. The van der Waals surface area contributed by atoms with Crippen molar-refractivity contribution < 1.29 is 0 Å². The third-order valence-electron chi connectivity index (χ3n) is 4.30. The van der Waals surface area contributed by atoms with E-state index >= 15 is 0 Å². The predicted molar refractivity (Wildman–Crippen MR) is 47.3 cm³/mol. The van der Waals surface area contributed by atoms with Gasteiger partial charge in [0.15, 0.2) is 0 Å².